The van der Waals surface area contributed by atoms with Crippen molar-refractivity contribution in [3.05, 3.63) is 64.7 Å². The minimum absolute atomic E-state index is 0.251. The highest BCUT2D eigenvalue weighted by atomic mass is 19.2. The number of carbonyl (C=O) groups excluding carboxylic acids is 1. The van der Waals surface area contributed by atoms with Gasteiger partial charge in [-0.1, -0.05) is 6.07 Å². The summed E-state index contributed by atoms with van der Waals surface area (Å²) in [6.45, 7) is 0.585. The molecule has 0 radical (unpaired) electrons. The summed E-state index contributed by atoms with van der Waals surface area (Å²) >= 11 is 0. The molecule has 1 heterocycles. The van der Waals surface area contributed by atoms with E-state index in [-0.39, 0.29) is 5.56 Å². The summed E-state index contributed by atoms with van der Waals surface area (Å²) in [5.41, 5.74) is 1.01. The largest absolute Gasteiger partial charge is 0.493 e. The van der Waals surface area contributed by atoms with Crippen molar-refractivity contribution in [1.29, 1.82) is 0 Å². The zero-order valence-electron chi connectivity index (χ0n) is 9.95. The van der Waals surface area contributed by atoms with Crippen LogP contribution < -0.4 is 4.74 Å². The number of halogens is 2. The van der Waals surface area contributed by atoms with Gasteiger partial charge in [0.05, 0.1) is 12.2 Å². The SMILES string of the molecule is O=C(c1ccc2c(c1)CCO2)c1cccc(F)c1F. The van der Waals surface area contributed by atoms with E-state index in [1.54, 1.807) is 18.2 Å². The molecule has 0 bridgehead atoms. The molecule has 0 aliphatic carbocycles. The Morgan fingerprint density at radius 3 is 2.84 bits per heavy atom. The molecule has 0 N–H and O–H groups in total. The summed E-state index contributed by atoms with van der Waals surface area (Å²) in [5.74, 6) is -1.90. The molecule has 0 spiro atoms. The van der Waals surface area contributed by atoms with Gasteiger partial charge in [-0.15, -0.1) is 0 Å². The Balaban J connectivity index is 2.02. The summed E-state index contributed by atoms with van der Waals surface area (Å²) < 4.78 is 32.1. The molecule has 2 aromatic rings. The first-order valence-corrected chi connectivity index (χ1v) is 5.91. The fourth-order valence-corrected chi connectivity index (χ4v) is 2.16. The third kappa shape index (κ3) is 1.99. The molecule has 3 rings (SSSR count). The van der Waals surface area contributed by atoms with Crippen LogP contribution in [0.5, 0.6) is 5.75 Å². The smallest absolute Gasteiger partial charge is 0.196 e. The monoisotopic (exact) mass is 260 g/mol. The molecule has 0 saturated carbocycles. The van der Waals surface area contributed by atoms with E-state index in [9.17, 15) is 13.6 Å². The van der Waals surface area contributed by atoms with Crippen molar-refractivity contribution in [3.8, 4) is 5.75 Å². The Kier molecular flexibility index (Phi) is 2.78. The van der Waals surface area contributed by atoms with Crippen LogP contribution >= 0.6 is 0 Å². The average Bonchev–Trinajstić information content (AvgIpc) is 2.88. The maximum absolute atomic E-state index is 13.6. The maximum atomic E-state index is 13.6. The van der Waals surface area contributed by atoms with Gasteiger partial charge in [0.2, 0.25) is 0 Å². The molecule has 19 heavy (non-hydrogen) atoms. The number of hydrogen-bond acceptors (Lipinski definition) is 2. The first kappa shape index (κ1) is 11.8. The zero-order valence-corrected chi connectivity index (χ0v) is 9.95. The standard InChI is InChI=1S/C15H10F2O2/c16-12-3-1-2-11(14(12)17)15(18)10-4-5-13-9(8-10)6-7-19-13/h1-5,8H,6-7H2. The molecule has 1 aliphatic heterocycles. The van der Waals surface area contributed by atoms with Gasteiger partial charge in [0.25, 0.3) is 0 Å². The van der Waals surface area contributed by atoms with Gasteiger partial charge >= 0.3 is 0 Å². The molecule has 2 nitrogen and oxygen atoms in total. The highest BCUT2D eigenvalue weighted by Gasteiger charge is 2.19. The Labute approximate surface area is 108 Å². The zero-order chi connectivity index (χ0) is 13.4. The summed E-state index contributed by atoms with van der Waals surface area (Å²) in [7, 11) is 0. The molecule has 1 aliphatic rings. The van der Waals surface area contributed by atoms with E-state index in [0.717, 1.165) is 23.8 Å². The number of rotatable bonds is 2. The molecule has 4 heteroatoms. The van der Waals surface area contributed by atoms with E-state index in [2.05, 4.69) is 0 Å². The van der Waals surface area contributed by atoms with Crippen LogP contribution in [0.25, 0.3) is 0 Å². The van der Waals surface area contributed by atoms with Crippen LogP contribution in [0.15, 0.2) is 36.4 Å². The molecule has 0 atom stereocenters. The van der Waals surface area contributed by atoms with Crippen molar-refractivity contribution in [2.24, 2.45) is 0 Å². The molecule has 0 saturated heterocycles. The van der Waals surface area contributed by atoms with Crippen LogP contribution in [0.3, 0.4) is 0 Å². The van der Waals surface area contributed by atoms with E-state index < -0.39 is 17.4 Å². The Hall–Kier alpha value is -2.23. The van der Waals surface area contributed by atoms with Crippen molar-refractivity contribution in [2.75, 3.05) is 6.61 Å². The first-order valence-electron chi connectivity index (χ1n) is 5.91. The second kappa shape index (κ2) is 4.46. The molecule has 0 fully saturated rings. The minimum atomic E-state index is -1.11. The summed E-state index contributed by atoms with van der Waals surface area (Å²) in [6.07, 6.45) is 0.724. The molecular formula is C15H10F2O2. The van der Waals surface area contributed by atoms with E-state index >= 15 is 0 Å². The van der Waals surface area contributed by atoms with Gasteiger partial charge < -0.3 is 4.74 Å². The number of ether oxygens (including phenoxy) is 1. The van der Waals surface area contributed by atoms with Crippen LogP contribution in [0, 0.1) is 11.6 Å². The molecule has 96 valence electrons. The van der Waals surface area contributed by atoms with Crippen molar-refractivity contribution in [3.63, 3.8) is 0 Å². The lowest BCUT2D eigenvalue weighted by Crippen LogP contribution is -2.06. The Bertz CT molecular complexity index is 665. The van der Waals surface area contributed by atoms with Crippen LogP contribution in [-0.2, 0) is 6.42 Å². The molecule has 0 aromatic heterocycles. The Morgan fingerprint density at radius 1 is 1.16 bits per heavy atom. The fourth-order valence-electron chi connectivity index (χ4n) is 2.16. The van der Waals surface area contributed by atoms with Crippen molar-refractivity contribution in [1.82, 2.24) is 0 Å². The third-order valence-electron chi connectivity index (χ3n) is 3.15. The maximum Gasteiger partial charge on any atom is 0.196 e. The number of fused-ring (bicyclic) bond motifs is 1. The van der Waals surface area contributed by atoms with Crippen LogP contribution in [0.2, 0.25) is 0 Å². The van der Waals surface area contributed by atoms with Crippen molar-refractivity contribution >= 4 is 5.78 Å². The predicted molar refractivity (Wildman–Crippen MR) is 65.4 cm³/mol. The second-order valence-electron chi connectivity index (χ2n) is 4.35. The van der Waals surface area contributed by atoms with Crippen molar-refractivity contribution < 1.29 is 18.3 Å². The minimum Gasteiger partial charge on any atom is -0.493 e. The number of ketones is 1. The number of benzene rings is 2. The van der Waals surface area contributed by atoms with E-state index in [1.165, 1.54) is 12.1 Å². The van der Waals surface area contributed by atoms with E-state index in [4.69, 9.17) is 4.74 Å². The molecular weight excluding hydrogens is 250 g/mol. The highest BCUT2D eigenvalue weighted by molar-refractivity contribution is 6.09. The molecule has 2 aromatic carbocycles. The van der Waals surface area contributed by atoms with E-state index in [0.29, 0.717) is 12.2 Å². The normalized spacial score (nSPS) is 12.9. The molecule has 0 unspecified atom stereocenters. The van der Waals surface area contributed by atoms with Crippen LogP contribution in [0.1, 0.15) is 21.5 Å². The van der Waals surface area contributed by atoms with Gasteiger partial charge in [0.1, 0.15) is 5.75 Å². The summed E-state index contributed by atoms with van der Waals surface area (Å²) in [6, 6.07) is 8.52. The van der Waals surface area contributed by atoms with Gasteiger partial charge in [-0.3, -0.25) is 4.79 Å². The lowest BCUT2D eigenvalue weighted by molar-refractivity contribution is 0.103. The van der Waals surface area contributed by atoms with Gasteiger partial charge in [-0.05, 0) is 35.9 Å². The fraction of sp³-hybridized carbons (Fsp3) is 0.133. The van der Waals surface area contributed by atoms with Crippen molar-refractivity contribution in [2.45, 2.75) is 6.42 Å². The number of hydrogen-bond donors (Lipinski definition) is 0. The highest BCUT2D eigenvalue weighted by Crippen LogP contribution is 2.27. The Morgan fingerprint density at radius 2 is 2.00 bits per heavy atom. The summed E-state index contributed by atoms with van der Waals surface area (Å²) in [4.78, 5) is 12.2. The lowest BCUT2D eigenvalue weighted by atomic mass is 10.00. The summed E-state index contributed by atoms with van der Waals surface area (Å²) in [5, 5.41) is 0. The number of carbonyl (C=O) groups is 1. The van der Waals surface area contributed by atoms with Crippen LogP contribution in [-0.4, -0.2) is 12.4 Å². The van der Waals surface area contributed by atoms with Crippen LogP contribution in [0.4, 0.5) is 8.78 Å². The first-order chi connectivity index (χ1) is 9.16. The molecule has 0 amide bonds. The van der Waals surface area contributed by atoms with Gasteiger partial charge in [0, 0.05) is 12.0 Å². The van der Waals surface area contributed by atoms with Gasteiger partial charge in [-0.2, -0.15) is 0 Å². The predicted octanol–water partition coefficient (Wildman–Crippen LogP) is 3.13. The van der Waals surface area contributed by atoms with Gasteiger partial charge in [0.15, 0.2) is 17.4 Å². The second-order valence-corrected chi connectivity index (χ2v) is 4.35. The lowest BCUT2D eigenvalue weighted by Gasteiger charge is -2.05. The topological polar surface area (TPSA) is 26.3 Å². The van der Waals surface area contributed by atoms with Gasteiger partial charge in [-0.25, -0.2) is 8.78 Å². The third-order valence-corrected chi connectivity index (χ3v) is 3.15. The quantitative estimate of drug-likeness (QED) is 0.775. The van der Waals surface area contributed by atoms with E-state index in [1.807, 2.05) is 0 Å². The average molecular weight is 260 g/mol.